The van der Waals surface area contributed by atoms with Gasteiger partial charge in [0.2, 0.25) is 0 Å². The molecule has 1 aromatic rings. The Morgan fingerprint density at radius 1 is 1.41 bits per heavy atom. The van der Waals surface area contributed by atoms with E-state index in [0.29, 0.717) is 5.56 Å². The van der Waals surface area contributed by atoms with E-state index >= 15 is 0 Å². The fraction of sp³-hybridized carbons (Fsp3) is 0.364. The van der Waals surface area contributed by atoms with Crippen molar-refractivity contribution in [1.82, 2.24) is 5.32 Å². The van der Waals surface area contributed by atoms with Crippen LogP contribution in [0.25, 0.3) is 0 Å². The molecule has 1 N–H and O–H groups in total. The minimum atomic E-state index is -0.935. The van der Waals surface area contributed by atoms with E-state index in [1.807, 2.05) is 0 Å². The van der Waals surface area contributed by atoms with Crippen molar-refractivity contribution in [3.05, 3.63) is 29.3 Å². The molecule has 6 heteroatoms. The van der Waals surface area contributed by atoms with Gasteiger partial charge in [0.05, 0.1) is 12.2 Å². The third-order valence-electron chi connectivity index (χ3n) is 2.58. The maximum atomic E-state index is 13.7. The van der Waals surface area contributed by atoms with Gasteiger partial charge in [0.25, 0.3) is 0 Å². The maximum Gasteiger partial charge on any atom is 0.407 e. The van der Waals surface area contributed by atoms with Crippen molar-refractivity contribution in [2.75, 3.05) is 25.5 Å². The van der Waals surface area contributed by atoms with Crippen molar-refractivity contribution in [3.63, 3.8) is 0 Å². The van der Waals surface area contributed by atoms with E-state index in [2.05, 4.69) is 5.32 Å². The van der Waals surface area contributed by atoms with Crippen LogP contribution in [0.2, 0.25) is 0 Å². The molecule has 1 unspecified atom stereocenters. The number of hydrogen-bond acceptors (Lipinski definition) is 3. The smallest absolute Gasteiger partial charge is 0.407 e. The second kappa shape index (κ2) is 4.20. The Bertz CT molecular complexity index is 463. The minimum Gasteiger partial charge on any atom is -0.439 e. The van der Waals surface area contributed by atoms with Crippen molar-refractivity contribution in [1.29, 1.82) is 0 Å². The average molecular weight is 242 g/mol. The quantitative estimate of drug-likeness (QED) is 0.860. The Kier molecular flexibility index (Phi) is 2.87. The second-order valence-electron chi connectivity index (χ2n) is 3.97. The summed E-state index contributed by atoms with van der Waals surface area (Å²) in [6.07, 6.45) is -1.14. The number of carbonyl (C=O) groups excluding carboxylic acids is 1. The third kappa shape index (κ3) is 2.02. The number of cyclic esters (lactones) is 1. The van der Waals surface area contributed by atoms with Crippen LogP contribution in [0.5, 0.6) is 0 Å². The van der Waals surface area contributed by atoms with E-state index in [1.54, 1.807) is 14.1 Å². The van der Waals surface area contributed by atoms with Crippen LogP contribution in [0.3, 0.4) is 0 Å². The minimum absolute atomic E-state index is 0.103. The standard InChI is InChI=1S/C11H12F2N2O2/c1-15(2)10-6(3-4-7(12)9(10)13)8-5-14-11(16)17-8/h3-4,8H,5H2,1-2H3,(H,14,16). The summed E-state index contributed by atoms with van der Waals surface area (Å²) in [7, 11) is 3.21. The van der Waals surface area contributed by atoms with Gasteiger partial charge in [0.15, 0.2) is 11.6 Å². The number of rotatable bonds is 2. The van der Waals surface area contributed by atoms with Gasteiger partial charge in [-0.3, -0.25) is 0 Å². The monoisotopic (exact) mass is 242 g/mol. The largest absolute Gasteiger partial charge is 0.439 e. The highest BCUT2D eigenvalue weighted by molar-refractivity contribution is 5.70. The normalized spacial score (nSPS) is 18.8. The highest BCUT2D eigenvalue weighted by Crippen LogP contribution is 2.32. The zero-order chi connectivity index (χ0) is 12.6. The SMILES string of the molecule is CN(C)c1c(C2CNC(=O)O2)ccc(F)c1F. The lowest BCUT2D eigenvalue weighted by atomic mass is 10.1. The van der Waals surface area contributed by atoms with E-state index in [9.17, 15) is 13.6 Å². The molecule has 0 saturated carbocycles. The highest BCUT2D eigenvalue weighted by Gasteiger charge is 2.29. The molecule has 1 aromatic carbocycles. The molecule has 0 aromatic heterocycles. The lowest BCUT2D eigenvalue weighted by Gasteiger charge is -2.20. The predicted molar refractivity (Wildman–Crippen MR) is 57.9 cm³/mol. The van der Waals surface area contributed by atoms with Gasteiger partial charge in [-0.05, 0) is 6.07 Å². The van der Waals surface area contributed by atoms with Gasteiger partial charge in [-0.15, -0.1) is 0 Å². The van der Waals surface area contributed by atoms with E-state index < -0.39 is 23.8 Å². The number of amides is 1. The summed E-state index contributed by atoms with van der Waals surface area (Å²) in [5.41, 5.74) is 0.554. The van der Waals surface area contributed by atoms with E-state index in [0.717, 1.165) is 6.07 Å². The fourth-order valence-corrected chi connectivity index (χ4v) is 1.83. The molecule has 1 heterocycles. The Labute approximate surface area is 97.2 Å². The lowest BCUT2D eigenvalue weighted by molar-refractivity contribution is 0.141. The number of anilines is 1. The van der Waals surface area contributed by atoms with Crippen molar-refractivity contribution < 1.29 is 18.3 Å². The summed E-state index contributed by atoms with van der Waals surface area (Å²) in [5, 5.41) is 2.47. The summed E-state index contributed by atoms with van der Waals surface area (Å²) >= 11 is 0. The summed E-state index contributed by atoms with van der Waals surface area (Å²) in [6.45, 7) is 0.255. The first-order valence-electron chi connectivity index (χ1n) is 5.10. The molecule has 1 saturated heterocycles. The molecule has 4 nitrogen and oxygen atoms in total. The molecule has 92 valence electrons. The summed E-state index contributed by atoms with van der Waals surface area (Å²) in [5.74, 6) is -1.86. The molecule has 2 rings (SSSR count). The van der Waals surface area contributed by atoms with Crippen LogP contribution in [0.1, 0.15) is 11.7 Å². The van der Waals surface area contributed by atoms with Crippen molar-refractivity contribution in [2.45, 2.75) is 6.10 Å². The van der Waals surface area contributed by atoms with Crippen LogP contribution in [-0.4, -0.2) is 26.7 Å². The molecule has 0 bridgehead atoms. The molecule has 1 aliphatic rings. The average Bonchev–Trinajstić information content (AvgIpc) is 2.68. The van der Waals surface area contributed by atoms with Gasteiger partial charge in [-0.2, -0.15) is 0 Å². The lowest BCUT2D eigenvalue weighted by Crippen LogP contribution is -2.17. The van der Waals surface area contributed by atoms with E-state index in [4.69, 9.17) is 4.74 Å². The Hall–Kier alpha value is -1.85. The topological polar surface area (TPSA) is 41.6 Å². The van der Waals surface area contributed by atoms with Gasteiger partial charge in [-0.1, -0.05) is 6.07 Å². The van der Waals surface area contributed by atoms with Crippen molar-refractivity contribution in [3.8, 4) is 0 Å². The Balaban J connectivity index is 2.46. The first kappa shape index (κ1) is 11.6. The van der Waals surface area contributed by atoms with Crippen LogP contribution in [-0.2, 0) is 4.74 Å². The molecule has 1 fully saturated rings. The molecule has 0 aliphatic carbocycles. The fourth-order valence-electron chi connectivity index (χ4n) is 1.83. The number of alkyl carbamates (subject to hydrolysis) is 1. The van der Waals surface area contributed by atoms with E-state index in [-0.39, 0.29) is 12.2 Å². The summed E-state index contributed by atoms with van der Waals surface area (Å²) in [4.78, 5) is 12.4. The molecule has 17 heavy (non-hydrogen) atoms. The Morgan fingerprint density at radius 2 is 2.12 bits per heavy atom. The number of benzene rings is 1. The molecule has 1 aliphatic heterocycles. The maximum absolute atomic E-state index is 13.7. The molecule has 1 amide bonds. The first-order chi connectivity index (χ1) is 8.00. The number of nitrogens with zero attached hydrogens (tertiary/aromatic N) is 1. The predicted octanol–water partition coefficient (Wildman–Crippen LogP) is 1.81. The summed E-state index contributed by atoms with van der Waals surface area (Å²) in [6, 6.07) is 2.46. The van der Waals surface area contributed by atoms with Gasteiger partial charge in [-0.25, -0.2) is 13.6 Å². The zero-order valence-corrected chi connectivity index (χ0v) is 9.46. The van der Waals surface area contributed by atoms with Crippen LogP contribution in [0.15, 0.2) is 12.1 Å². The van der Waals surface area contributed by atoms with Crippen LogP contribution >= 0.6 is 0 Å². The summed E-state index contributed by atoms with van der Waals surface area (Å²) < 4.78 is 31.8. The van der Waals surface area contributed by atoms with Gasteiger partial charge in [0, 0.05) is 19.7 Å². The van der Waals surface area contributed by atoms with Gasteiger partial charge < -0.3 is 15.0 Å². The van der Waals surface area contributed by atoms with Crippen LogP contribution in [0.4, 0.5) is 19.3 Å². The Morgan fingerprint density at radius 3 is 2.65 bits per heavy atom. The van der Waals surface area contributed by atoms with Gasteiger partial charge >= 0.3 is 6.09 Å². The van der Waals surface area contributed by atoms with Crippen LogP contribution in [0, 0.1) is 11.6 Å². The number of hydrogen-bond donors (Lipinski definition) is 1. The number of ether oxygens (including phenoxy) is 1. The number of nitrogens with one attached hydrogen (secondary N) is 1. The number of halogens is 2. The third-order valence-corrected chi connectivity index (χ3v) is 2.58. The highest BCUT2D eigenvalue weighted by atomic mass is 19.2. The van der Waals surface area contributed by atoms with Crippen LogP contribution < -0.4 is 10.2 Å². The van der Waals surface area contributed by atoms with E-state index in [1.165, 1.54) is 11.0 Å². The zero-order valence-electron chi connectivity index (χ0n) is 9.46. The van der Waals surface area contributed by atoms with Crippen molar-refractivity contribution >= 4 is 11.8 Å². The molecule has 0 spiro atoms. The van der Waals surface area contributed by atoms with Gasteiger partial charge in [0.1, 0.15) is 6.10 Å². The molecule has 0 radical (unpaired) electrons. The first-order valence-corrected chi connectivity index (χ1v) is 5.10. The molecular weight excluding hydrogens is 230 g/mol. The molecular formula is C11H12F2N2O2. The number of carbonyl (C=O) groups is 1. The van der Waals surface area contributed by atoms with Crippen molar-refractivity contribution in [2.24, 2.45) is 0 Å². The molecule has 1 atom stereocenters. The second-order valence-corrected chi connectivity index (χ2v) is 3.97.